The summed E-state index contributed by atoms with van der Waals surface area (Å²) in [6.45, 7) is 6.13. The zero-order valence-corrected chi connectivity index (χ0v) is 6.89. The second-order valence-electron chi connectivity index (χ2n) is 2.74. The van der Waals surface area contributed by atoms with Crippen molar-refractivity contribution in [3.05, 3.63) is 0 Å². The van der Waals surface area contributed by atoms with Crippen LogP contribution in [-0.2, 0) is 9.78 Å². The summed E-state index contributed by atoms with van der Waals surface area (Å²) < 4.78 is 0. The van der Waals surface area contributed by atoms with E-state index in [1.165, 1.54) is 0 Å². The summed E-state index contributed by atoms with van der Waals surface area (Å²) in [5.74, 6) is 0. The van der Waals surface area contributed by atoms with Gasteiger partial charge in [0, 0.05) is 0 Å². The molecule has 0 fully saturated rings. The molecule has 0 rings (SSSR count). The van der Waals surface area contributed by atoms with Gasteiger partial charge in [-0.1, -0.05) is 6.92 Å². The summed E-state index contributed by atoms with van der Waals surface area (Å²) in [7, 11) is 0. The van der Waals surface area contributed by atoms with E-state index in [0.717, 1.165) is 6.42 Å². The standard InChI is InChI=1S/C7H16O3/c1-4-7(2,3)10-9-6-5-8/h8H,4-6H2,1-3H3. The molecule has 1 N–H and O–H groups in total. The largest absolute Gasteiger partial charge is 0.394 e. The van der Waals surface area contributed by atoms with Crippen molar-refractivity contribution in [3.8, 4) is 0 Å². The molecule has 0 heterocycles. The van der Waals surface area contributed by atoms with Crippen LogP contribution in [0, 0.1) is 0 Å². The van der Waals surface area contributed by atoms with Crippen LogP contribution in [0.4, 0.5) is 0 Å². The van der Waals surface area contributed by atoms with E-state index in [1.807, 2.05) is 20.8 Å². The molecule has 0 amide bonds. The van der Waals surface area contributed by atoms with Gasteiger partial charge in [-0.3, -0.25) is 0 Å². The quantitative estimate of drug-likeness (QED) is 0.360. The average molecular weight is 148 g/mol. The molecule has 0 saturated carbocycles. The lowest BCUT2D eigenvalue weighted by Gasteiger charge is -2.20. The molecule has 0 radical (unpaired) electrons. The molecule has 3 nitrogen and oxygen atoms in total. The van der Waals surface area contributed by atoms with E-state index in [2.05, 4.69) is 4.89 Å². The van der Waals surface area contributed by atoms with E-state index < -0.39 is 0 Å². The molecule has 0 saturated heterocycles. The number of aliphatic hydroxyl groups is 1. The minimum absolute atomic E-state index is 0.000204. The predicted octanol–water partition coefficient (Wildman–Crippen LogP) is 1.12. The molecule has 62 valence electrons. The summed E-state index contributed by atoms with van der Waals surface area (Å²) >= 11 is 0. The van der Waals surface area contributed by atoms with Crippen molar-refractivity contribution in [2.45, 2.75) is 32.8 Å². The van der Waals surface area contributed by atoms with Crippen LogP contribution >= 0.6 is 0 Å². The Hall–Kier alpha value is -0.120. The van der Waals surface area contributed by atoms with Gasteiger partial charge >= 0.3 is 0 Å². The van der Waals surface area contributed by atoms with Gasteiger partial charge in [-0.2, -0.15) is 0 Å². The Labute approximate surface area is 61.9 Å². The highest BCUT2D eigenvalue weighted by molar-refractivity contribution is 4.61. The number of rotatable bonds is 5. The molecule has 0 aliphatic carbocycles. The van der Waals surface area contributed by atoms with Gasteiger partial charge in [-0.15, -0.1) is 0 Å². The first kappa shape index (κ1) is 9.88. The molecule has 0 unspecified atom stereocenters. The molecular weight excluding hydrogens is 132 g/mol. The van der Waals surface area contributed by atoms with Gasteiger partial charge in [0.2, 0.25) is 0 Å². The van der Waals surface area contributed by atoms with Gasteiger partial charge in [0.25, 0.3) is 0 Å². The van der Waals surface area contributed by atoms with Crippen LogP contribution in [0.1, 0.15) is 27.2 Å². The van der Waals surface area contributed by atoms with Crippen molar-refractivity contribution in [1.82, 2.24) is 0 Å². The van der Waals surface area contributed by atoms with Gasteiger partial charge in [0.05, 0.1) is 12.2 Å². The summed E-state index contributed by atoms with van der Waals surface area (Å²) in [4.78, 5) is 9.65. The molecule has 0 aromatic heterocycles. The van der Waals surface area contributed by atoms with E-state index in [9.17, 15) is 0 Å². The van der Waals surface area contributed by atoms with E-state index in [0.29, 0.717) is 0 Å². The molecule has 0 aliphatic heterocycles. The molecule has 0 atom stereocenters. The maximum absolute atomic E-state index is 8.33. The van der Waals surface area contributed by atoms with Crippen molar-refractivity contribution in [3.63, 3.8) is 0 Å². The highest BCUT2D eigenvalue weighted by Gasteiger charge is 2.16. The van der Waals surface area contributed by atoms with Crippen molar-refractivity contribution >= 4 is 0 Å². The third-order valence-electron chi connectivity index (χ3n) is 1.31. The fourth-order valence-electron chi connectivity index (χ4n) is 0.297. The van der Waals surface area contributed by atoms with Gasteiger partial charge in [0.15, 0.2) is 0 Å². The summed E-state index contributed by atoms with van der Waals surface area (Å²) in [6, 6.07) is 0. The van der Waals surface area contributed by atoms with Crippen molar-refractivity contribution in [1.29, 1.82) is 0 Å². The molecule has 0 aliphatic rings. The Kier molecular flexibility index (Phi) is 4.60. The SMILES string of the molecule is CCC(C)(C)OOCCO. The van der Waals surface area contributed by atoms with Crippen LogP contribution in [0.3, 0.4) is 0 Å². The summed E-state index contributed by atoms with van der Waals surface area (Å²) in [6.07, 6.45) is 0.887. The fraction of sp³-hybridized carbons (Fsp3) is 1.00. The van der Waals surface area contributed by atoms with Crippen LogP contribution in [0.2, 0.25) is 0 Å². The van der Waals surface area contributed by atoms with E-state index in [1.54, 1.807) is 0 Å². The Bertz CT molecular complexity index is 80.9. The normalized spacial score (nSPS) is 12.0. The average Bonchev–Trinajstić information content (AvgIpc) is 1.89. The summed E-state index contributed by atoms with van der Waals surface area (Å²) in [5.41, 5.74) is -0.241. The Morgan fingerprint density at radius 2 is 2.00 bits per heavy atom. The fourth-order valence-corrected chi connectivity index (χ4v) is 0.297. The van der Waals surface area contributed by atoms with Crippen LogP contribution in [0.15, 0.2) is 0 Å². The molecular formula is C7H16O3. The van der Waals surface area contributed by atoms with Crippen molar-refractivity contribution in [2.24, 2.45) is 0 Å². The second kappa shape index (κ2) is 4.66. The Morgan fingerprint density at radius 3 is 2.40 bits per heavy atom. The van der Waals surface area contributed by atoms with Crippen LogP contribution in [-0.4, -0.2) is 23.9 Å². The van der Waals surface area contributed by atoms with Crippen LogP contribution < -0.4 is 0 Å². The molecule has 3 heteroatoms. The maximum Gasteiger partial charge on any atom is 0.105 e. The zero-order chi connectivity index (χ0) is 8.04. The lowest BCUT2D eigenvalue weighted by atomic mass is 10.1. The van der Waals surface area contributed by atoms with Gasteiger partial charge in [-0.25, -0.2) is 9.78 Å². The van der Waals surface area contributed by atoms with Crippen LogP contribution in [0.5, 0.6) is 0 Å². The lowest BCUT2D eigenvalue weighted by molar-refractivity contribution is -0.355. The summed E-state index contributed by atoms with van der Waals surface area (Å²) in [5, 5.41) is 8.33. The minimum atomic E-state index is -0.241. The molecule has 0 spiro atoms. The minimum Gasteiger partial charge on any atom is -0.394 e. The molecule has 0 aromatic carbocycles. The van der Waals surface area contributed by atoms with E-state index in [-0.39, 0.29) is 18.8 Å². The third kappa shape index (κ3) is 4.73. The van der Waals surface area contributed by atoms with Gasteiger partial charge in [-0.05, 0) is 20.3 Å². The molecule has 0 aromatic rings. The first-order valence-electron chi connectivity index (χ1n) is 3.54. The number of aliphatic hydroxyl groups excluding tert-OH is 1. The first-order valence-corrected chi connectivity index (χ1v) is 3.54. The first-order chi connectivity index (χ1) is 4.62. The van der Waals surface area contributed by atoms with Crippen molar-refractivity contribution in [2.75, 3.05) is 13.2 Å². The maximum atomic E-state index is 8.33. The number of hydrogen-bond acceptors (Lipinski definition) is 3. The van der Waals surface area contributed by atoms with Gasteiger partial charge < -0.3 is 5.11 Å². The zero-order valence-electron chi connectivity index (χ0n) is 6.89. The monoisotopic (exact) mass is 148 g/mol. The highest BCUT2D eigenvalue weighted by Crippen LogP contribution is 2.12. The molecule has 10 heavy (non-hydrogen) atoms. The van der Waals surface area contributed by atoms with E-state index >= 15 is 0 Å². The predicted molar refractivity (Wildman–Crippen MR) is 38.5 cm³/mol. The lowest BCUT2D eigenvalue weighted by Crippen LogP contribution is -2.23. The van der Waals surface area contributed by atoms with Crippen molar-refractivity contribution < 1.29 is 14.9 Å². The van der Waals surface area contributed by atoms with E-state index in [4.69, 9.17) is 9.99 Å². The second-order valence-corrected chi connectivity index (χ2v) is 2.74. The third-order valence-corrected chi connectivity index (χ3v) is 1.31. The molecule has 0 bridgehead atoms. The topological polar surface area (TPSA) is 38.7 Å². The smallest absolute Gasteiger partial charge is 0.105 e. The number of hydrogen-bond donors (Lipinski definition) is 1. The Balaban J connectivity index is 3.28. The Morgan fingerprint density at radius 1 is 1.40 bits per heavy atom. The van der Waals surface area contributed by atoms with Crippen LogP contribution in [0.25, 0.3) is 0 Å². The van der Waals surface area contributed by atoms with Gasteiger partial charge in [0.1, 0.15) is 6.61 Å². The highest BCUT2D eigenvalue weighted by atomic mass is 17.2.